The standard InChI is InChI=1S/C17H33N3O/c1-4-14-11-20(16(5-2)10-18-14)12-17(21)19-15-8-6-13(3)7-9-15/h13-16,18H,4-12H2,1-3H3,(H,19,21). The Bertz CT molecular complexity index is 326. The summed E-state index contributed by atoms with van der Waals surface area (Å²) in [4.78, 5) is 14.7. The summed E-state index contributed by atoms with van der Waals surface area (Å²) < 4.78 is 0. The minimum atomic E-state index is 0.227. The van der Waals surface area contributed by atoms with Crippen LogP contribution in [0.1, 0.15) is 59.3 Å². The highest BCUT2D eigenvalue weighted by Gasteiger charge is 2.28. The molecule has 4 heteroatoms. The Morgan fingerprint density at radius 3 is 2.52 bits per heavy atom. The van der Waals surface area contributed by atoms with Crippen LogP contribution in [-0.2, 0) is 4.79 Å². The van der Waals surface area contributed by atoms with Crippen molar-refractivity contribution in [3.8, 4) is 0 Å². The lowest BCUT2D eigenvalue weighted by molar-refractivity contribution is -0.124. The van der Waals surface area contributed by atoms with Crippen molar-refractivity contribution in [3.05, 3.63) is 0 Å². The third kappa shape index (κ3) is 4.96. The average molecular weight is 295 g/mol. The molecule has 2 fully saturated rings. The highest BCUT2D eigenvalue weighted by atomic mass is 16.2. The average Bonchev–Trinajstić information content (AvgIpc) is 2.49. The lowest BCUT2D eigenvalue weighted by Gasteiger charge is -2.39. The van der Waals surface area contributed by atoms with Crippen LogP contribution < -0.4 is 10.6 Å². The summed E-state index contributed by atoms with van der Waals surface area (Å²) in [6.07, 6.45) is 7.07. The zero-order valence-electron chi connectivity index (χ0n) is 14.0. The molecule has 1 heterocycles. The maximum atomic E-state index is 12.3. The first-order chi connectivity index (χ1) is 10.1. The number of amides is 1. The molecule has 1 saturated carbocycles. The molecule has 0 aromatic heterocycles. The van der Waals surface area contributed by atoms with Crippen molar-refractivity contribution in [2.45, 2.75) is 77.4 Å². The summed E-state index contributed by atoms with van der Waals surface area (Å²) in [6, 6.07) is 1.46. The van der Waals surface area contributed by atoms with E-state index in [1.54, 1.807) is 0 Å². The van der Waals surface area contributed by atoms with Crippen molar-refractivity contribution in [1.29, 1.82) is 0 Å². The van der Waals surface area contributed by atoms with Crippen LogP contribution in [0.5, 0.6) is 0 Å². The second kappa shape index (κ2) is 8.14. The summed E-state index contributed by atoms with van der Waals surface area (Å²) >= 11 is 0. The van der Waals surface area contributed by atoms with E-state index in [4.69, 9.17) is 0 Å². The first-order valence-electron chi connectivity index (χ1n) is 8.89. The van der Waals surface area contributed by atoms with E-state index in [1.165, 1.54) is 12.8 Å². The molecule has 0 radical (unpaired) electrons. The third-order valence-electron chi connectivity index (χ3n) is 5.31. The van der Waals surface area contributed by atoms with E-state index in [1.807, 2.05) is 0 Å². The molecule has 2 atom stereocenters. The van der Waals surface area contributed by atoms with Crippen LogP contribution in [0.15, 0.2) is 0 Å². The normalized spacial score (nSPS) is 34.6. The van der Waals surface area contributed by atoms with Gasteiger partial charge in [0.05, 0.1) is 6.54 Å². The second-order valence-electron chi connectivity index (χ2n) is 7.03. The van der Waals surface area contributed by atoms with Crippen LogP contribution in [0.4, 0.5) is 0 Å². The van der Waals surface area contributed by atoms with Gasteiger partial charge in [-0.25, -0.2) is 0 Å². The van der Waals surface area contributed by atoms with Gasteiger partial charge in [-0.3, -0.25) is 9.69 Å². The Morgan fingerprint density at radius 2 is 1.90 bits per heavy atom. The lowest BCUT2D eigenvalue weighted by Crippen LogP contribution is -2.58. The van der Waals surface area contributed by atoms with Crippen molar-refractivity contribution in [1.82, 2.24) is 15.5 Å². The van der Waals surface area contributed by atoms with Gasteiger partial charge in [0.1, 0.15) is 0 Å². The van der Waals surface area contributed by atoms with Crippen molar-refractivity contribution in [2.75, 3.05) is 19.6 Å². The van der Waals surface area contributed by atoms with Gasteiger partial charge in [0, 0.05) is 31.2 Å². The number of hydrogen-bond acceptors (Lipinski definition) is 3. The monoisotopic (exact) mass is 295 g/mol. The number of hydrogen-bond donors (Lipinski definition) is 2. The fourth-order valence-corrected chi connectivity index (χ4v) is 3.66. The van der Waals surface area contributed by atoms with Gasteiger partial charge in [-0.05, 0) is 44.4 Å². The SMILES string of the molecule is CCC1CN(CC(=O)NC2CCC(C)CC2)C(CC)CN1. The molecule has 0 aromatic carbocycles. The largest absolute Gasteiger partial charge is 0.352 e. The van der Waals surface area contributed by atoms with Gasteiger partial charge in [0.2, 0.25) is 5.91 Å². The van der Waals surface area contributed by atoms with Crippen molar-refractivity contribution >= 4 is 5.91 Å². The van der Waals surface area contributed by atoms with E-state index in [0.29, 0.717) is 24.7 Å². The summed E-state index contributed by atoms with van der Waals surface area (Å²) in [6.45, 7) is 9.34. The van der Waals surface area contributed by atoms with E-state index in [0.717, 1.165) is 44.7 Å². The van der Waals surface area contributed by atoms with Crippen LogP contribution in [0.25, 0.3) is 0 Å². The molecule has 2 rings (SSSR count). The molecular formula is C17H33N3O. The fourth-order valence-electron chi connectivity index (χ4n) is 3.66. The smallest absolute Gasteiger partial charge is 0.234 e. The molecule has 122 valence electrons. The van der Waals surface area contributed by atoms with Gasteiger partial charge in [-0.2, -0.15) is 0 Å². The van der Waals surface area contributed by atoms with Crippen LogP contribution in [0.3, 0.4) is 0 Å². The van der Waals surface area contributed by atoms with Gasteiger partial charge in [0.25, 0.3) is 0 Å². The topological polar surface area (TPSA) is 44.4 Å². The van der Waals surface area contributed by atoms with Crippen molar-refractivity contribution < 1.29 is 4.79 Å². The van der Waals surface area contributed by atoms with E-state index in [2.05, 4.69) is 36.3 Å². The first kappa shape index (κ1) is 16.8. The number of nitrogens with one attached hydrogen (secondary N) is 2. The van der Waals surface area contributed by atoms with Crippen LogP contribution in [-0.4, -0.2) is 48.6 Å². The predicted molar refractivity (Wildman–Crippen MR) is 87.3 cm³/mol. The van der Waals surface area contributed by atoms with Gasteiger partial charge in [0.15, 0.2) is 0 Å². The van der Waals surface area contributed by atoms with Gasteiger partial charge < -0.3 is 10.6 Å². The summed E-state index contributed by atoms with van der Waals surface area (Å²) in [7, 11) is 0. The molecule has 1 aliphatic carbocycles. The molecule has 2 unspecified atom stereocenters. The van der Waals surface area contributed by atoms with Crippen LogP contribution in [0.2, 0.25) is 0 Å². The summed E-state index contributed by atoms with van der Waals surface area (Å²) in [5.74, 6) is 1.06. The maximum Gasteiger partial charge on any atom is 0.234 e. The quantitative estimate of drug-likeness (QED) is 0.817. The molecule has 2 aliphatic rings. The zero-order valence-corrected chi connectivity index (χ0v) is 14.0. The molecule has 1 aliphatic heterocycles. The molecule has 1 saturated heterocycles. The molecule has 0 aromatic rings. The van der Waals surface area contributed by atoms with E-state index >= 15 is 0 Å². The molecule has 2 N–H and O–H groups in total. The molecule has 0 bridgehead atoms. The number of rotatable bonds is 5. The summed E-state index contributed by atoms with van der Waals surface area (Å²) in [5, 5.41) is 6.85. The Kier molecular flexibility index (Phi) is 6.49. The molecule has 21 heavy (non-hydrogen) atoms. The zero-order chi connectivity index (χ0) is 15.2. The molecule has 1 amide bonds. The van der Waals surface area contributed by atoms with Gasteiger partial charge in [-0.1, -0.05) is 20.8 Å². The van der Waals surface area contributed by atoms with Crippen LogP contribution in [0, 0.1) is 5.92 Å². The van der Waals surface area contributed by atoms with Crippen molar-refractivity contribution in [2.24, 2.45) is 5.92 Å². The highest BCUT2D eigenvalue weighted by molar-refractivity contribution is 5.78. The molecule has 0 spiro atoms. The minimum Gasteiger partial charge on any atom is -0.352 e. The molecular weight excluding hydrogens is 262 g/mol. The number of nitrogens with zero attached hydrogens (tertiary/aromatic N) is 1. The number of carbonyl (C=O) groups excluding carboxylic acids is 1. The lowest BCUT2D eigenvalue weighted by atomic mass is 9.87. The number of piperazine rings is 1. The third-order valence-corrected chi connectivity index (χ3v) is 5.31. The Balaban J connectivity index is 1.79. The Morgan fingerprint density at radius 1 is 1.19 bits per heavy atom. The second-order valence-corrected chi connectivity index (χ2v) is 7.03. The Hall–Kier alpha value is -0.610. The van der Waals surface area contributed by atoms with Crippen LogP contribution >= 0.6 is 0 Å². The maximum absolute atomic E-state index is 12.3. The van der Waals surface area contributed by atoms with E-state index < -0.39 is 0 Å². The van der Waals surface area contributed by atoms with E-state index in [9.17, 15) is 4.79 Å². The van der Waals surface area contributed by atoms with Crippen molar-refractivity contribution in [3.63, 3.8) is 0 Å². The predicted octanol–water partition coefficient (Wildman–Crippen LogP) is 2.14. The first-order valence-corrected chi connectivity index (χ1v) is 8.89. The van der Waals surface area contributed by atoms with Gasteiger partial charge in [-0.15, -0.1) is 0 Å². The molecule has 4 nitrogen and oxygen atoms in total. The fraction of sp³-hybridized carbons (Fsp3) is 0.941. The summed E-state index contributed by atoms with van der Waals surface area (Å²) in [5.41, 5.74) is 0. The Labute approximate surface area is 130 Å². The van der Waals surface area contributed by atoms with Gasteiger partial charge >= 0.3 is 0 Å². The number of carbonyl (C=O) groups is 1. The van der Waals surface area contributed by atoms with E-state index in [-0.39, 0.29) is 5.91 Å². The highest BCUT2D eigenvalue weighted by Crippen LogP contribution is 2.23. The minimum absolute atomic E-state index is 0.227.